The second kappa shape index (κ2) is 6.56. The molecule has 0 heterocycles. The molecule has 0 radical (unpaired) electrons. The molecule has 0 aliphatic heterocycles. The monoisotopic (exact) mass is 292 g/mol. The van der Waals surface area contributed by atoms with Gasteiger partial charge >= 0.3 is 5.97 Å². The van der Waals surface area contributed by atoms with E-state index in [1.54, 1.807) is 6.07 Å². The predicted octanol–water partition coefficient (Wildman–Crippen LogP) is 3.67. The van der Waals surface area contributed by atoms with Crippen LogP contribution in [0.25, 0.3) is 0 Å². The van der Waals surface area contributed by atoms with Crippen LogP contribution in [0.5, 0.6) is 0 Å². The molecule has 1 saturated carbocycles. The minimum absolute atomic E-state index is 0.271. The summed E-state index contributed by atoms with van der Waals surface area (Å²) in [7, 11) is 0. The maximum atomic E-state index is 11.1. The Balaban J connectivity index is 2.15. The highest BCUT2D eigenvalue weighted by Gasteiger charge is 2.23. The van der Waals surface area contributed by atoms with Gasteiger partial charge in [0.15, 0.2) is 0 Å². The van der Waals surface area contributed by atoms with Gasteiger partial charge in [-0.05, 0) is 30.9 Å². The molecular formula is C15H20N2O4. The Morgan fingerprint density at radius 3 is 2.86 bits per heavy atom. The Hall–Kier alpha value is -2.11. The summed E-state index contributed by atoms with van der Waals surface area (Å²) in [5.41, 5.74) is -0.00395. The minimum Gasteiger partial charge on any atom is -0.477 e. The van der Waals surface area contributed by atoms with Crippen LogP contribution in [0.3, 0.4) is 0 Å². The molecule has 0 spiro atoms. The first-order chi connectivity index (χ1) is 10.0. The Kier molecular flexibility index (Phi) is 4.77. The van der Waals surface area contributed by atoms with Crippen LogP contribution in [0, 0.1) is 16.0 Å². The number of carboxylic acids is 1. The number of carboxylic acid groups (broad SMARTS) is 1. The van der Waals surface area contributed by atoms with Crippen LogP contribution in [0.4, 0.5) is 11.4 Å². The molecule has 114 valence electrons. The van der Waals surface area contributed by atoms with Crippen LogP contribution >= 0.6 is 0 Å². The molecule has 1 aliphatic rings. The first-order valence-electron chi connectivity index (χ1n) is 7.29. The number of nitro groups is 1. The van der Waals surface area contributed by atoms with E-state index >= 15 is 0 Å². The summed E-state index contributed by atoms with van der Waals surface area (Å²) in [5, 5.41) is 23.2. The second-order valence-corrected chi connectivity index (χ2v) is 5.58. The van der Waals surface area contributed by atoms with E-state index in [1.807, 2.05) is 0 Å². The van der Waals surface area contributed by atoms with E-state index in [9.17, 15) is 14.9 Å². The molecule has 2 rings (SSSR count). The van der Waals surface area contributed by atoms with Gasteiger partial charge in [-0.2, -0.15) is 0 Å². The van der Waals surface area contributed by atoms with Crippen LogP contribution in [-0.4, -0.2) is 22.0 Å². The van der Waals surface area contributed by atoms with Crippen LogP contribution < -0.4 is 5.32 Å². The molecule has 2 atom stereocenters. The predicted molar refractivity (Wildman–Crippen MR) is 79.7 cm³/mol. The summed E-state index contributed by atoms with van der Waals surface area (Å²) < 4.78 is 0. The van der Waals surface area contributed by atoms with E-state index in [2.05, 4.69) is 12.2 Å². The first-order valence-corrected chi connectivity index (χ1v) is 7.29. The van der Waals surface area contributed by atoms with Crippen molar-refractivity contribution in [1.82, 2.24) is 0 Å². The van der Waals surface area contributed by atoms with Gasteiger partial charge in [0.2, 0.25) is 0 Å². The molecule has 0 amide bonds. The third-order valence-corrected chi connectivity index (χ3v) is 4.15. The van der Waals surface area contributed by atoms with Gasteiger partial charge in [0.25, 0.3) is 5.69 Å². The highest BCUT2D eigenvalue weighted by Crippen LogP contribution is 2.30. The van der Waals surface area contributed by atoms with Crippen molar-refractivity contribution in [3.8, 4) is 0 Å². The molecule has 1 fully saturated rings. The third-order valence-electron chi connectivity index (χ3n) is 4.15. The molecule has 6 nitrogen and oxygen atoms in total. The largest absolute Gasteiger partial charge is 0.477 e. The van der Waals surface area contributed by atoms with Crippen molar-refractivity contribution < 1.29 is 14.8 Å². The zero-order chi connectivity index (χ0) is 15.4. The maximum absolute atomic E-state index is 11.1. The zero-order valence-corrected chi connectivity index (χ0v) is 12.0. The Bertz CT molecular complexity index is 544. The average Bonchev–Trinajstić information content (AvgIpc) is 2.47. The minimum atomic E-state index is -1.28. The summed E-state index contributed by atoms with van der Waals surface area (Å²) in [4.78, 5) is 21.3. The topological polar surface area (TPSA) is 92.5 Å². The molecular weight excluding hydrogens is 272 g/mol. The van der Waals surface area contributed by atoms with Crippen molar-refractivity contribution in [2.45, 2.75) is 45.1 Å². The van der Waals surface area contributed by atoms with Gasteiger partial charge < -0.3 is 10.4 Å². The Morgan fingerprint density at radius 2 is 2.24 bits per heavy atom. The summed E-state index contributed by atoms with van der Waals surface area (Å²) >= 11 is 0. The van der Waals surface area contributed by atoms with Gasteiger partial charge in [-0.1, -0.05) is 26.2 Å². The maximum Gasteiger partial charge on any atom is 0.342 e. The quantitative estimate of drug-likeness (QED) is 0.638. The van der Waals surface area contributed by atoms with Crippen molar-refractivity contribution in [2.75, 3.05) is 5.32 Å². The number of nitro benzene ring substituents is 1. The highest BCUT2D eigenvalue weighted by molar-refractivity contribution is 5.93. The summed E-state index contributed by atoms with van der Waals surface area (Å²) in [6, 6.07) is 4.51. The summed E-state index contributed by atoms with van der Waals surface area (Å²) in [6.07, 6.45) is 5.68. The number of rotatable bonds is 5. The van der Waals surface area contributed by atoms with Crippen LogP contribution in [0.1, 0.15) is 49.4 Å². The van der Waals surface area contributed by atoms with E-state index < -0.39 is 10.9 Å². The van der Waals surface area contributed by atoms with Crippen molar-refractivity contribution in [1.29, 1.82) is 0 Å². The first kappa shape index (κ1) is 15.3. The number of aromatic carboxylic acids is 1. The fourth-order valence-corrected chi connectivity index (χ4v) is 2.98. The highest BCUT2D eigenvalue weighted by atomic mass is 16.6. The molecule has 6 heteroatoms. The SMILES string of the molecule is CCC1CCCC(Nc2ccc([N+](=O)[O-])c(C(=O)O)c2)C1. The fraction of sp³-hybridized carbons (Fsp3) is 0.533. The molecule has 1 aromatic carbocycles. The van der Waals surface area contributed by atoms with Gasteiger partial charge in [-0.25, -0.2) is 4.79 Å². The molecule has 0 aromatic heterocycles. The molecule has 1 aliphatic carbocycles. The fourth-order valence-electron chi connectivity index (χ4n) is 2.98. The zero-order valence-electron chi connectivity index (χ0n) is 12.0. The van der Waals surface area contributed by atoms with E-state index in [-0.39, 0.29) is 11.3 Å². The lowest BCUT2D eigenvalue weighted by Crippen LogP contribution is -2.27. The normalized spacial score (nSPS) is 21.8. The van der Waals surface area contributed by atoms with E-state index in [1.165, 1.54) is 18.6 Å². The van der Waals surface area contributed by atoms with E-state index in [0.717, 1.165) is 25.7 Å². The lowest BCUT2D eigenvalue weighted by Gasteiger charge is -2.29. The third kappa shape index (κ3) is 3.71. The number of carbonyl (C=O) groups is 1. The van der Waals surface area contributed by atoms with Gasteiger partial charge in [0.05, 0.1) is 4.92 Å². The average molecular weight is 292 g/mol. The van der Waals surface area contributed by atoms with Gasteiger partial charge in [-0.15, -0.1) is 0 Å². The van der Waals surface area contributed by atoms with Crippen molar-refractivity contribution in [3.05, 3.63) is 33.9 Å². The molecule has 0 bridgehead atoms. The van der Waals surface area contributed by atoms with Crippen molar-refractivity contribution in [3.63, 3.8) is 0 Å². The van der Waals surface area contributed by atoms with Crippen LogP contribution in [0.15, 0.2) is 18.2 Å². The molecule has 0 saturated heterocycles. The van der Waals surface area contributed by atoms with Crippen molar-refractivity contribution in [2.24, 2.45) is 5.92 Å². The Labute approximate surface area is 123 Å². The van der Waals surface area contributed by atoms with Gasteiger partial charge in [-0.3, -0.25) is 10.1 Å². The Morgan fingerprint density at radius 1 is 1.48 bits per heavy atom. The number of hydrogen-bond acceptors (Lipinski definition) is 4. The van der Waals surface area contributed by atoms with Crippen LogP contribution in [-0.2, 0) is 0 Å². The van der Waals surface area contributed by atoms with Gasteiger partial charge in [0.1, 0.15) is 5.56 Å². The van der Waals surface area contributed by atoms with Crippen molar-refractivity contribution >= 4 is 17.3 Å². The number of anilines is 1. The molecule has 1 aromatic rings. The lowest BCUT2D eigenvalue weighted by molar-refractivity contribution is -0.385. The number of nitrogens with zero attached hydrogens (tertiary/aromatic N) is 1. The van der Waals surface area contributed by atoms with Gasteiger partial charge in [0, 0.05) is 17.8 Å². The van der Waals surface area contributed by atoms with E-state index in [0.29, 0.717) is 17.6 Å². The van der Waals surface area contributed by atoms with E-state index in [4.69, 9.17) is 5.11 Å². The summed E-state index contributed by atoms with van der Waals surface area (Å²) in [5.74, 6) is -0.575. The second-order valence-electron chi connectivity index (χ2n) is 5.58. The number of nitrogens with one attached hydrogen (secondary N) is 1. The standard InChI is InChI=1S/C15H20N2O4/c1-2-10-4-3-5-11(8-10)16-12-6-7-14(17(20)21)13(9-12)15(18)19/h6-7,9-11,16H,2-5,8H2,1H3,(H,18,19). The summed E-state index contributed by atoms with van der Waals surface area (Å²) in [6.45, 7) is 2.18. The molecule has 21 heavy (non-hydrogen) atoms. The number of benzene rings is 1. The smallest absolute Gasteiger partial charge is 0.342 e. The van der Waals surface area contributed by atoms with Crippen LogP contribution in [0.2, 0.25) is 0 Å². The molecule has 2 unspecified atom stereocenters. The molecule has 2 N–H and O–H groups in total. The lowest BCUT2D eigenvalue weighted by atomic mass is 9.84. The number of hydrogen-bond donors (Lipinski definition) is 2.